The van der Waals surface area contributed by atoms with Gasteiger partial charge in [0.05, 0.1) is 6.61 Å². The Bertz CT molecular complexity index is 771. The van der Waals surface area contributed by atoms with Gasteiger partial charge in [-0.1, -0.05) is 18.2 Å². The van der Waals surface area contributed by atoms with Crippen molar-refractivity contribution < 1.29 is 14.3 Å². The molecule has 2 amide bonds. The number of carbonyl (C=O) groups is 2. The molecule has 5 heteroatoms. The molecule has 3 rings (SSSR count). The van der Waals surface area contributed by atoms with E-state index < -0.39 is 0 Å². The highest BCUT2D eigenvalue weighted by molar-refractivity contribution is 5.95. The number of hydrogen-bond donors (Lipinski definition) is 1. The minimum Gasteiger partial charge on any atom is -0.367 e. The molecule has 2 aromatic carbocycles. The highest BCUT2D eigenvalue weighted by Crippen LogP contribution is 2.30. The predicted molar refractivity (Wildman–Crippen MR) is 89.2 cm³/mol. The average Bonchev–Trinajstić information content (AvgIpc) is 2.66. The predicted octanol–water partition coefficient (Wildman–Crippen LogP) is 2.81. The molecule has 23 heavy (non-hydrogen) atoms. The molecule has 1 aliphatic heterocycles. The van der Waals surface area contributed by atoms with E-state index in [0.717, 1.165) is 28.1 Å². The molecule has 0 spiro atoms. The van der Waals surface area contributed by atoms with Crippen LogP contribution in [0, 0.1) is 0 Å². The molecular weight excluding hydrogens is 292 g/mol. The molecule has 0 aliphatic carbocycles. The molecule has 1 heterocycles. The number of amides is 2. The molecule has 0 bridgehead atoms. The number of fused-ring (bicyclic) bond motifs is 1. The Morgan fingerprint density at radius 1 is 1.13 bits per heavy atom. The number of hydrogen-bond acceptors (Lipinski definition) is 3. The number of carbonyl (C=O) groups excluding carboxylic acids is 2. The zero-order chi connectivity index (χ0) is 16.4. The molecule has 0 saturated carbocycles. The summed E-state index contributed by atoms with van der Waals surface area (Å²) < 4.78 is 5.42. The van der Waals surface area contributed by atoms with E-state index in [1.54, 1.807) is 11.9 Å². The minimum atomic E-state index is -0.0994. The number of rotatable bonds is 2. The second-order valence-corrected chi connectivity index (χ2v) is 5.55. The van der Waals surface area contributed by atoms with Gasteiger partial charge < -0.3 is 15.0 Å². The molecule has 1 aliphatic rings. The van der Waals surface area contributed by atoms with Crippen molar-refractivity contribution >= 4 is 23.2 Å². The standard InChI is InChI=1S/C18H18N2O3/c1-12(21)19-16-5-3-4-13(9-16)14-6-7-17-15(8-14)10-23-11-18(22)20(17)2/h3-9H,10-11H2,1-2H3,(H,19,21). The Kier molecular flexibility index (Phi) is 4.12. The van der Waals surface area contributed by atoms with Crippen LogP contribution in [0.1, 0.15) is 12.5 Å². The number of nitrogens with zero attached hydrogens (tertiary/aromatic N) is 1. The van der Waals surface area contributed by atoms with Gasteiger partial charge >= 0.3 is 0 Å². The SMILES string of the molecule is CC(=O)Nc1cccc(-c2ccc3c(c2)COCC(=O)N3C)c1. The van der Waals surface area contributed by atoms with Crippen LogP contribution < -0.4 is 10.2 Å². The van der Waals surface area contributed by atoms with Gasteiger partial charge in [-0.3, -0.25) is 9.59 Å². The van der Waals surface area contributed by atoms with Crippen molar-refractivity contribution in [2.75, 3.05) is 23.9 Å². The fourth-order valence-corrected chi connectivity index (χ4v) is 2.67. The van der Waals surface area contributed by atoms with Gasteiger partial charge in [-0.15, -0.1) is 0 Å². The van der Waals surface area contributed by atoms with Crippen LogP contribution >= 0.6 is 0 Å². The summed E-state index contributed by atoms with van der Waals surface area (Å²) in [4.78, 5) is 24.7. The molecule has 0 aromatic heterocycles. The molecule has 0 atom stereocenters. The number of likely N-dealkylation sites (N-methyl/N-ethyl adjacent to an activating group) is 1. The molecular formula is C18H18N2O3. The Hall–Kier alpha value is -2.66. The first kappa shape index (κ1) is 15.2. The third kappa shape index (κ3) is 3.24. The topological polar surface area (TPSA) is 58.6 Å². The highest BCUT2D eigenvalue weighted by Gasteiger charge is 2.19. The van der Waals surface area contributed by atoms with Gasteiger partial charge in [0.2, 0.25) is 5.91 Å². The molecule has 0 fully saturated rings. The third-order valence-electron chi connectivity index (χ3n) is 3.81. The summed E-state index contributed by atoms with van der Waals surface area (Å²) in [5.41, 5.74) is 4.61. The smallest absolute Gasteiger partial charge is 0.252 e. The van der Waals surface area contributed by atoms with Crippen LogP contribution in [-0.2, 0) is 20.9 Å². The van der Waals surface area contributed by atoms with E-state index in [2.05, 4.69) is 5.32 Å². The zero-order valence-electron chi connectivity index (χ0n) is 13.1. The van der Waals surface area contributed by atoms with Gasteiger partial charge in [0.1, 0.15) is 6.61 Å². The monoisotopic (exact) mass is 310 g/mol. The number of nitrogens with one attached hydrogen (secondary N) is 1. The van der Waals surface area contributed by atoms with E-state index in [1.807, 2.05) is 42.5 Å². The summed E-state index contributed by atoms with van der Waals surface area (Å²) in [7, 11) is 1.76. The maximum atomic E-state index is 11.8. The van der Waals surface area contributed by atoms with Crippen molar-refractivity contribution in [3.05, 3.63) is 48.0 Å². The van der Waals surface area contributed by atoms with E-state index in [0.29, 0.717) is 6.61 Å². The van der Waals surface area contributed by atoms with Gasteiger partial charge in [0, 0.05) is 30.9 Å². The van der Waals surface area contributed by atoms with E-state index >= 15 is 0 Å². The van der Waals surface area contributed by atoms with Crippen LogP contribution in [0.3, 0.4) is 0 Å². The van der Waals surface area contributed by atoms with Crippen molar-refractivity contribution in [1.29, 1.82) is 0 Å². The van der Waals surface area contributed by atoms with Crippen molar-refractivity contribution in [2.24, 2.45) is 0 Å². The molecule has 2 aromatic rings. The Balaban J connectivity index is 1.97. The first-order valence-electron chi connectivity index (χ1n) is 7.40. The lowest BCUT2D eigenvalue weighted by Gasteiger charge is -2.17. The first-order valence-corrected chi connectivity index (χ1v) is 7.40. The maximum Gasteiger partial charge on any atom is 0.252 e. The minimum absolute atomic E-state index is 0.0517. The van der Waals surface area contributed by atoms with Crippen molar-refractivity contribution in [3.8, 4) is 11.1 Å². The lowest BCUT2D eigenvalue weighted by Crippen LogP contribution is -2.28. The zero-order valence-corrected chi connectivity index (χ0v) is 13.1. The fourth-order valence-electron chi connectivity index (χ4n) is 2.67. The van der Waals surface area contributed by atoms with E-state index in [4.69, 9.17) is 4.74 Å². The number of ether oxygens (including phenoxy) is 1. The van der Waals surface area contributed by atoms with Gasteiger partial charge in [-0.2, -0.15) is 0 Å². The Labute approximate surface area is 134 Å². The summed E-state index contributed by atoms with van der Waals surface area (Å²) >= 11 is 0. The van der Waals surface area contributed by atoms with Crippen molar-refractivity contribution in [2.45, 2.75) is 13.5 Å². The van der Waals surface area contributed by atoms with Crippen molar-refractivity contribution in [3.63, 3.8) is 0 Å². The molecule has 0 radical (unpaired) electrons. The summed E-state index contributed by atoms with van der Waals surface area (Å²) in [6.07, 6.45) is 0. The highest BCUT2D eigenvalue weighted by atomic mass is 16.5. The third-order valence-corrected chi connectivity index (χ3v) is 3.81. The first-order chi connectivity index (χ1) is 11.0. The van der Waals surface area contributed by atoms with Crippen LogP contribution in [0.15, 0.2) is 42.5 Å². The van der Waals surface area contributed by atoms with E-state index in [1.165, 1.54) is 6.92 Å². The fraction of sp³-hybridized carbons (Fsp3) is 0.222. The molecule has 118 valence electrons. The van der Waals surface area contributed by atoms with Crippen LogP contribution in [0.25, 0.3) is 11.1 Å². The van der Waals surface area contributed by atoms with Gasteiger partial charge in [0.15, 0.2) is 0 Å². The summed E-state index contributed by atoms with van der Waals surface area (Å²) in [6.45, 7) is 1.99. The van der Waals surface area contributed by atoms with Crippen LogP contribution in [0.2, 0.25) is 0 Å². The molecule has 1 N–H and O–H groups in total. The second-order valence-electron chi connectivity index (χ2n) is 5.55. The summed E-state index contributed by atoms with van der Waals surface area (Å²) in [5, 5.41) is 2.78. The second kappa shape index (κ2) is 6.22. The van der Waals surface area contributed by atoms with E-state index in [-0.39, 0.29) is 18.4 Å². The maximum absolute atomic E-state index is 11.8. The summed E-state index contributed by atoms with van der Waals surface area (Å²) in [6, 6.07) is 13.6. The average molecular weight is 310 g/mol. The number of benzene rings is 2. The molecule has 0 saturated heterocycles. The Morgan fingerprint density at radius 2 is 1.91 bits per heavy atom. The number of anilines is 2. The van der Waals surface area contributed by atoms with Crippen LogP contribution in [0.5, 0.6) is 0 Å². The van der Waals surface area contributed by atoms with Gasteiger partial charge in [-0.25, -0.2) is 0 Å². The van der Waals surface area contributed by atoms with Gasteiger partial charge in [-0.05, 0) is 35.4 Å². The lowest BCUT2D eigenvalue weighted by atomic mass is 10.0. The quantitative estimate of drug-likeness (QED) is 0.928. The molecule has 5 nitrogen and oxygen atoms in total. The van der Waals surface area contributed by atoms with Crippen LogP contribution in [-0.4, -0.2) is 25.5 Å². The lowest BCUT2D eigenvalue weighted by molar-refractivity contribution is -0.122. The summed E-state index contributed by atoms with van der Waals surface area (Å²) in [5.74, 6) is -0.151. The van der Waals surface area contributed by atoms with Gasteiger partial charge in [0.25, 0.3) is 5.91 Å². The molecule has 0 unspecified atom stereocenters. The van der Waals surface area contributed by atoms with Crippen LogP contribution in [0.4, 0.5) is 11.4 Å². The Morgan fingerprint density at radius 3 is 2.70 bits per heavy atom. The van der Waals surface area contributed by atoms with Crippen molar-refractivity contribution in [1.82, 2.24) is 0 Å². The largest absolute Gasteiger partial charge is 0.367 e. The van der Waals surface area contributed by atoms with E-state index in [9.17, 15) is 9.59 Å². The normalized spacial score (nSPS) is 14.2.